The van der Waals surface area contributed by atoms with Crippen LogP contribution in [0.4, 0.5) is 0 Å². The fourth-order valence-electron chi connectivity index (χ4n) is 10.8. The first kappa shape index (κ1) is 37.8. The van der Waals surface area contributed by atoms with Crippen molar-refractivity contribution in [1.29, 1.82) is 0 Å². The first-order chi connectivity index (χ1) is 34.2. The highest BCUT2D eigenvalue weighted by atomic mass is 16.3. The molecule has 0 amide bonds. The molecule has 6 heteroatoms. The Morgan fingerprint density at radius 3 is 1.78 bits per heavy atom. The van der Waals surface area contributed by atoms with Gasteiger partial charge in [-0.1, -0.05) is 146 Å². The number of rotatable bonds is 5. The minimum Gasteiger partial charge on any atom is -0.456 e. The lowest BCUT2D eigenvalue weighted by Crippen LogP contribution is -2.01. The Balaban J connectivity index is 1.00. The number of aromatic nitrogens is 4. The Kier molecular flexibility index (Phi) is 7.97. The van der Waals surface area contributed by atoms with E-state index in [9.17, 15) is 0 Å². The molecular formula is C63H36N4O2. The van der Waals surface area contributed by atoms with Gasteiger partial charge in [0.25, 0.3) is 0 Å². The van der Waals surface area contributed by atoms with Crippen molar-refractivity contribution >= 4 is 98.0 Å². The third kappa shape index (κ3) is 5.82. The van der Waals surface area contributed by atoms with Crippen molar-refractivity contribution in [3.05, 3.63) is 218 Å². The summed E-state index contributed by atoms with van der Waals surface area (Å²) in [5.41, 5.74) is 11.2. The number of fused-ring (bicyclic) bond motifs is 14. The zero-order valence-electron chi connectivity index (χ0n) is 36.9. The second-order valence-electron chi connectivity index (χ2n) is 17.9. The van der Waals surface area contributed by atoms with E-state index in [2.05, 4.69) is 174 Å². The molecule has 0 aliphatic heterocycles. The molecule has 15 rings (SSSR count). The number of benzene rings is 11. The van der Waals surface area contributed by atoms with Crippen molar-refractivity contribution < 1.29 is 8.83 Å². The molecule has 0 saturated carbocycles. The van der Waals surface area contributed by atoms with Crippen LogP contribution >= 0.6 is 0 Å². The van der Waals surface area contributed by atoms with Crippen molar-refractivity contribution in [2.45, 2.75) is 0 Å². The summed E-state index contributed by atoms with van der Waals surface area (Å²) >= 11 is 0. The fraction of sp³-hybridized carbons (Fsp3) is 0. The van der Waals surface area contributed by atoms with E-state index in [0.29, 0.717) is 17.5 Å². The van der Waals surface area contributed by atoms with Gasteiger partial charge >= 0.3 is 0 Å². The predicted molar refractivity (Wildman–Crippen MR) is 283 cm³/mol. The number of nitrogens with zero attached hydrogens (tertiary/aromatic N) is 4. The summed E-state index contributed by atoms with van der Waals surface area (Å²) < 4.78 is 15.6. The van der Waals surface area contributed by atoms with Crippen LogP contribution in [0.1, 0.15) is 0 Å². The molecule has 0 unspecified atom stereocenters. The molecule has 0 atom stereocenters. The van der Waals surface area contributed by atoms with E-state index in [1.54, 1.807) is 0 Å². The van der Waals surface area contributed by atoms with Crippen LogP contribution in [-0.2, 0) is 0 Å². The highest BCUT2D eigenvalue weighted by Crippen LogP contribution is 2.44. The molecule has 6 nitrogen and oxygen atoms in total. The summed E-state index contributed by atoms with van der Waals surface area (Å²) in [6.07, 6.45) is 0. The number of hydrogen-bond donors (Lipinski definition) is 0. The number of para-hydroxylation sites is 2. The average molecular weight is 881 g/mol. The Labute approximate surface area is 394 Å². The second-order valence-corrected chi connectivity index (χ2v) is 17.9. The molecule has 0 bridgehead atoms. The van der Waals surface area contributed by atoms with Gasteiger partial charge in [-0.25, -0.2) is 15.0 Å². The quantitative estimate of drug-likeness (QED) is 0.172. The van der Waals surface area contributed by atoms with Crippen LogP contribution in [0.25, 0.3) is 149 Å². The van der Waals surface area contributed by atoms with E-state index in [1.807, 2.05) is 48.5 Å². The van der Waals surface area contributed by atoms with Crippen molar-refractivity contribution in [3.63, 3.8) is 0 Å². The molecule has 4 aromatic heterocycles. The van der Waals surface area contributed by atoms with Crippen molar-refractivity contribution in [2.24, 2.45) is 0 Å². The van der Waals surface area contributed by atoms with Gasteiger partial charge in [-0.15, -0.1) is 0 Å². The summed E-state index contributed by atoms with van der Waals surface area (Å²) in [5, 5.41) is 13.6. The highest BCUT2D eigenvalue weighted by molar-refractivity contribution is 6.25. The summed E-state index contributed by atoms with van der Waals surface area (Å²) in [6.45, 7) is 0. The van der Waals surface area contributed by atoms with E-state index in [4.69, 9.17) is 23.8 Å². The molecule has 0 N–H and O–H groups in total. The first-order valence-electron chi connectivity index (χ1n) is 23.2. The van der Waals surface area contributed by atoms with Crippen LogP contribution < -0.4 is 0 Å². The molecule has 0 fully saturated rings. The van der Waals surface area contributed by atoms with E-state index in [0.717, 1.165) is 99.2 Å². The first-order valence-corrected chi connectivity index (χ1v) is 23.2. The van der Waals surface area contributed by atoms with Gasteiger partial charge in [0, 0.05) is 49.1 Å². The Hall–Kier alpha value is -9.39. The average Bonchev–Trinajstić information content (AvgIpc) is 4.10. The Bertz CT molecular complexity index is 4620. The molecule has 15 aromatic rings. The topological polar surface area (TPSA) is 69.9 Å². The van der Waals surface area contributed by atoms with Gasteiger partial charge in [-0.2, -0.15) is 0 Å². The van der Waals surface area contributed by atoms with Crippen LogP contribution in [-0.4, -0.2) is 19.5 Å². The van der Waals surface area contributed by atoms with E-state index >= 15 is 0 Å². The molecule has 0 aliphatic rings. The summed E-state index contributed by atoms with van der Waals surface area (Å²) in [5.74, 6) is 1.63. The Morgan fingerprint density at radius 1 is 0.304 bits per heavy atom. The zero-order chi connectivity index (χ0) is 45.2. The second kappa shape index (κ2) is 14.6. The maximum atomic E-state index is 6.89. The van der Waals surface area contributed by atoms with Crippen LogP contribution in [0.2, 0.25) is 0 Å². The monoisotopic (exact) mass is 880 g/mol. The van der Waals surface area contributed by atoms with Gasteiger partial charge in [-0.05, 0) is 116 Å². The number of furan rings is 2. The molecule has 4 heterocycles. The van der Waals surface area contributed by atoms with Crippen LogP contribution in [0.3, 0.4) is 0 Å². The van der Waals surface area contributed by atoms with Gasteiger partial charge in [-0.3, -0.25) is 0 Å². The maximum Gasteiger partial charge on any atom is 0.167 e. The SMILES string of the molecule is c1ccc(-c2cccc(-c3nc(-c4ccc5oc6ccccc6c5c4)nc(-c4cc5cc(-n6c7cc8ccccc8cc7c7c8ccccc8ccc76)ccc5c5c4oc4ccccc45)n3)c2)cc1. The minimum atomic E-state index is 0.517. The predicted octanol–water partition coefficient (Wildman–Crippen LogP) is 16.9. The van der Waals surface area contributed by atoms with E-state index in [-0.39, 0.29) is 0 Å². The molecule has 0 aliphatic carbocycles. The third-order valence-corrected chi connectivity index (χ3v) is 14.0. The van der Waals surface area contributed by atoms with E-state index in [1.165, 1.54) is 32.3 Å². The zero-order valence-corrected chi connectivity index (χ0v) is 36.9. The minimum absolute atomic E-state index is 0.517. The highest BCUT2D eigenvalue weighted by Gasteiger charge is 2.23. The molecular weight excluding hydrogens is 845 g/mol. The van der Waals surface area contributed by atoms with Gasteiger partial charge in [0.2, 0.25) is 0 Å². The van der Waals surface area contributed by atoms with Crippen LogP contribution in [0, 0.1) is 0 Å². The summed E-state index contributed by atoms with van der Waals surface area (Å²) in [4.78, 5) is 16.0. The smallest absolute Gasteiger partial charge is 0.167 e. The van der Waals surface area contributed by atoms with Crippen LogP contribution in [0.5, 0.6) is 0 Å². The molecule has 320 valence electrons. The lowest BCUT2D eigenvalue weighted by molar-refractivity contribution is 0.669. The Morgan fingerprint density at radius 2 is 0.942 bits per heavy atom. The molecule has 11 aromatic carbocycles. The maximum absolute atomic E-state index is 6.89. The lowest BCUT2D eigenvalue weighted by Gasteiger charge is -2.13. The third-order valence-electron chi connectivity index (χ3n) is 14.0. The standard InChI is InChI=1S/C63H36N4O2/c1-2-13-37(14-3-1)39-18-12-19-42(31-39)61-64-62(43-26-30-57-50(34-43)48-21-8-10-23-55(48)68-57)66-63(65-61)52-35-44-32-45(27-28-47(44)59-49-22-9-11-24-56(49)69-60(52)59)67-53-29-25-38-15-6-7-20-46(38)58(53)51-33-40-16-4-5-17-41(40)36-54(51)67/h1-36H. The van der Waals surface area contributed by atoms with Gasteiger partial charge in [0.05, 0.1) is 16.6 Å². The normalized spacial score (nSPS) is 12.1. The molecule has 0 saturated heterocycles. The van der Waals surface area contributed by atoms with Crippen molar-refractivity contribution in [1.82, 2.24) is 19.5 Å². The van der Waals surface area contributed by atoms with Gasteiger partial charge in [0.15, 0.2) is 17.5 Å². The lowest BCUT2D eigenvalue weighted by atomic mass is 9.99. The summed E-state index contributed by atoms with van der Waals surface area (Å²) in [7, 11) is 0. The van der Waals surface area contributed by atoms with Crippen molar-refractivity contribution in [2.75, 3.05) is 0 Å². The fourth-order valence-corrected chi connectivity index (χ4v) is 10.8. The molecule has 0 spiro atoms. The molecule has 0 radical (unpaired) electrons. The largest absolute Gasteiger partial charge is 0.456 e. The molecule has 69 heavy (non-hydrogen) atoms. The summed E-state index contributed by atoms with van der Waals surface area (Å²) in [6, 6.07) is 77.0. The van der Waals surface area contributed by atoms with Gasteiger partial charge in [0.1, 0.15) is 22.3 Å². The van der Waals surface area contributed by atoms with E-state index < -0.39 is 0 Å². The van der Waals surface area contributed by atoms with Crippen LogP contribution in [0.15, 0.2) is 227 Å². The van der Waals surface area contributed by atoms with Crippen molar-refractivity contribution in [3.8, 4) is 51.0 Å². The number of hydrogen-bond acceptors (Lipinski definition) is 5. The van der Waals surface area contributed by atoms with Gasteiger partial charge < -0.3 is 13.4 Å².